The van der Waals surface area contributed by atoms with Gasteiger partial charge in [0.2, 0.25) is 0 Å². The summed E-state index contributed by atoms with van der Waals surface area (Å²) < 4.78 is 17.2. The minimum absolute atomic E-state index is 0. The summed E-state index contributed by atoms with van der Waals surface area (Å²) in [6.07, 6.45) is -0.0143. The van der Waals surface area contributed by atoms with Gasteiger partial charge < -0.3 is 44.4 Å². The topological polar surface area (TPSA) is 27.7 Å². The second-order valence-corrected chi connectivity index (χ2v) is 5.68. The van der Waals surface area contributed by atoms with Gasteiger partial charge in [0.15, 0.2) is 0 Å². The monoisotopic (exact) mass is 376 g/mol. The Morgan fingerprint density at radius 1 is 1.08 bits per heavy atom. The number of ether oxygens (including phenoxy) is 1. The first-order valence-electron chi connectivity index (χ1n) is 8.17. The predicted octanol–water partition coefficient (Wildman–Crippen LogP) is 3.31. The second kappa shape index (κ2) is 10.3. The Labute approximate surface area is 160 Å². The fourth-order valence-corrected chi connectivity index (χ4v) is 2.48. The fraction of sp³-hybridized carbons (Fsp3) is 0.200. The maximum atomic E-state index is 5.82. The first-order valence-corrected chi connectivity index (χ1v) is 8.17. The molecule has 1 fully saturated rings. The molecule has 1 aliphatic heterocycles. The molecule has 0 aliphatic carbocycles. The van der Waals surface area contributed by atoms with E-state index in [1.54, 1.807) is 0 Å². The van der Waals surface area contributed by atoms with Crippen LogP contribution < -0.4 is 10.2 Å². The molecule has 3 aromatic carbocycles. The molecule has 5 heteroatoms. The molecule has 1 atom stereocenters. The molecule has 3 nitrogen and oxygen atoms in total. The molecule has 3 aromatic rings. The first kappa shape index (κ1) is 19.5. The van der Waals surface area contributed by atoms with Crippen LogP contribution in [0.15, 0.2) is 78.9 Å². The van der Waals surface area contributed by atoms with Gasteiger partial charge in [0.25, 0.3) is 0 Å². The second-order valence-electron chi connectivity index (χ2n) is 5.68. The van der Waals surface area contributed by atoms with E-state index in [0.29, 0.717) is 13.2 Å². The van der Waals surface area contributed by atoms with E-state index in [1.807, 2.05) is 85.8 Å². The van der Waals surface area contributed by atoms with Gasteiger partial charge in [-0.1, -0.05) is 18.2 Å². The molecule has 0 bridgehead atoms. The van der Waals surface area contributed by atoms with Crippen LogP contribution in [0.4, 0.5) is 0 Å². The Kier molecular flexibility index (Phi) is 8.03. The fourth-order valence-electron chi connectivity index (χ4n) is 2.48. The Bertz CT molecular complexity index is 680. The molecule has 0 N–H and O–H groups in total. The Morgan fingerprint density at radius 3 is 2.36 bits per heavy atom. The van der Waals surface area contributed by atoms with Crippen LogP contribution >= 0.6 is 0 Å². The molecule has 0 aromatic heterocycles. The van der Waals surface area contributed by atoms with Crippen LogP contribution in [-0.4, -0.2) is 26.4 Å². The zero-order valence-electron chi connectivity index (χ0n) is 14.2. The molecule has 0 unspecified atom stereocenters. The van der Waals surface area contributed by atoms with E-state index < -0.39 is 0 Å². The number of hydrogen-bond donors (Lipinski definition) is 0. The van der Waals surface area contributed by atoms with Gasteiger partial charge in [-0.05, 0) is 18.6 Å². The van der Waals surface area contributed by atoms with E-state index in [-0.39, 0.29) is 30.3 Å². The number of hydrogen-bond acceptors (Lipinski definition) is 3. The Hall–Kier alpha value is -1.78. The quantitative estimate of drug-likeness (QED) is 0.517. The van der Waals surface area contributed by atoms with Gasteiger partial charge in [0, 0.05) is 17.1 Å². The van der Waals surface area contributed by atoms with Crippen molar-refractivity contribution < 1.29 is 31.1 Å². The van der Waals surface area contributed by atoms with E-state index in [0.717, 1.165) is 16.8 Å². The van der Waals surface area contributed by atoms with E-state index in [9.17, 15) is 0 Å². The van der Waals surface area contributed by atoms with Gasteiger partial charge in [-0.2, -0.15) is 12.1 Å². The van der Waals surface area contributed by atoms with E-state index in [2.05, 4.69) is 0 Å². The summed E-state index contributed by atoms with van der Waals surface area (Å²) in [6.45, 7) is 3.12. The van der Waals surface area contributed by atoms with Crippen LogP contribution in [0.25, 0.3) is 0 Å². The third-order valence-electron chi connectivity index (χ3n) is 3.78. The van der Waals surface area contributed by atoms with Gasteiger partial charge in [0.1, 0.15) is 12.4 Å². The average Bonchev–Trinajstić information content (AvgIpc) is 3.37. The third-order valence-corrected chi connectivity index (χ3v) is 3.78. The average molecular weight is 376 g/mol. The Morgan fingerprint density at radius 2 is 1.72 bits per heavy atom. The van der Waals surface area contributed by atoms with Crippen molar-refractivity contribution in [3.63, 3.8) is 0 Å². The zero-order valence-corrected chi connectivity index (χ0v) is 15.3. The summed E-state index contributed by atoms with van der Waals surface area (Å²) >= 11 is 0. The Balaban J connectivity index is 0.000000325. The summed E-state index contributed by atoms with van der Waals surface area (Å²) in [5.41, 5.74) is 2.20. The predicted molar refractivity (Wildman–Crippen MR) is 97.0 cm³/mol. The van der Waals surface area contributed by atoms with Crippen molar-refractivity contribution >= 4 is 12.6 Å². The SMILES string of the molecule is Cc1ccccc1OC[C@H]1COB([c-]2cccc2)O1.[Fe].[cH-]1[cH-][cH-][cH-][cH-]1. The standard InChI is InChI=1S/C15H16BO3.C5H5.Fe/c1-12-6-2-5-9-15(12)17-10-14-11-18-16(19-14)13-7-3-4-8-13;1-2-4-5-3-1;/h2-9,14H,10-11H2,1H3;1-5H;/q-1;-5;/t14-;;/m0../s1. The van der Waals surface area contributed by atoms with Crippen molar-refractivity contribution in [2.24, 2.45) is 0 Å². The molecule has 1 aliphatic rings. The van der Waals surface area contributed by atoms with E-state index in [1.165, 1.54) is 0 Å². The van der Waals surface area contributed by atoms with Crippen LogP contribution in [0, 0.1) is 6.92 Å². The van der Waals surface area contributed by atoms with Crippen LogP contribution in [0.2, 0.25) is 0 Å². The molecular weight excluding hydrogens is 355 g/mol. The molecule has 25 heavy (non-hydrogen) atoms. The van der Waals surface area contributed by atoms with Crippen molar-refractivity contribution in [3.8, 4) is 5.75 Å². The van der Waals surface area contributed by atoms with Gasteiger partial charge in [0.05, 0.1) is 12.7 Å². The van der Waals surface area contributed by atoms with Gasteiger partial charge in [-0.15, -0.1) is 5.46 Å². The van der Waals surface area contributed by atoms with Crippen molar-refractivity contribution in [1.29, 1.82) is 0 Å². The van der Waals surface area contributed by atoms with E-state index in [4.69, 9.17) is 14.0 Å². The molecule has 0 saturated carbocycles. The minimum atomic E-state index is -0.250. The molecule has 4 rings (SSSR count). The normalized spacial score (nSPS) is 15.9. The smallest absolute Gasteiger partial charge is 0.418 e. The van der Waals surface area contributed by atoms with Crippen molar-refractivity contribution in [1.82, 2.24) is 0 Å². The third kappa shape index (κ3) is 5.91. The molecular formula is C20H21BFeO3-6. The van der Waals surface area contributed by atoms with Gasteiger partial charge in [-0.25, -0.2) is 12.1 Å². The van der Waals surface area contributed by atoms with Crippen LogP contribution in [0.3, 0.4) is 0 Å². The molecule has 0 spiro atoms. The van der Waals surface area contributed by atoms with E-state index >= 15 is 0 Å². The van der Waals surface area contributed by atoms with Crippen molar-refractivity contribution in [3.05, 3.63) is 84.4 Å². The minimum Gasteiger partial charge on any atom is -0.748 e. The van der Waals surface area contributed by atoms with Crippen LogP contribution in [0.1, 0.15) is 5.56 Å². The molecule has 1 heterocycles. The summed E-state index contributed by atoms with van der Waals surface area (Å²) in [5.74, 6) is 0.905. The maximum Gasteiger partial charge on any atom is 0.418 e. The number of rotatable bonds is 4. The number of para-hydroxylation sites is 1. The largest absolute Gasteiger partial charge is 0.748 e. The summed E-state index contributed by atoms with van der Waals surface area (Å²) in [5, 5.41) is 0. The summed E-state index contributed by atoms with van der Waals surface area (Å²) in [4.78, 5) is 0. The van der Waals surface area contributed by atoms with Crippen molar-refractivity contribution in [2.75, 3.05) is 13.2 Å². The van der Waals surface area contributed by atoms with Gasteiger partial charge in [-0.3, -0.25) is 0 Å². The van der Waals surface area contributed by atoms with Gasteiger partial charge >= 0.3 is 7.12 Å². The molecule has 136 valence electrons. The molecule has 0 amide bonds. The van der Waals surface area contributed by atoms with Crippen LogP contribution in [-0.2, 0) is 26.4 Å². The zero-order chi connectivity index (χ0) is 16.6. The molecule has 0 radical (unpaired) electrons. The number of benzene rings is 1. The molecule has 1 saturated heterocycles. The van der Waals surface area contributed by atoms with Crippen molar-refractivity contribution in [2.45, 2.75) is 13.0 Å². The summed E-state index contributed by atoms with van der Waals surface area (Å²) in [6, 6.07) is 26.0. The van der Waals surface area contributed by atoms with Crippen LogP contribution in [0.5, 0.6) is 5.75 Å². The summed E-state index contributed by atoms with van der Waals surface area (Å²) in [7, 11) is -0.250. The first-order chi connectivity index (χ1) is 11.8. The number of aryl methyl sites for hydroxylation is 1. The maximum absolute atomic E-state index is 5.82.